The zero-order valence-electron chi connectivity index (χ0n) is 21.6. The molecule has 3 saturated heterocycles. The van der Waals surface area contributed by atoms with Crippen LogP contribution in [-0.4, -0.2) is 78.2 Å². The molecule has 3 aliphatic heterocycles. The predicted molar refractivity (Wildman–Crippen MR) is 138 cm³/mol. The molecule has 1 spiro atoms. The molecule has 8 nitrogen and oxygen atoms in total. The summed E-state index contributed by atoms with van der Waals surface area (Å²) in [6.45, 7) is 6.07. The molecule has 3 aliphatic rings. The summed E-state index contributed by atoms with van der Waals surface area (Å²) in [6, 6.07) is 14.2. The van der Waals surface area contributed by atoms with Crippen LogP contribution >= 0.6 is 0 Å². The van der Waals surface area contributed by atoms with Crippen LogP contribution in [0.25, 0.3) is 0 Å². The van der Waals surface area contributed by atoms with Crippen LogP contribution in [0.4, 0.5) is 0 Å². The second-order valence-electron chi connectivity index (χ2n) is 10.4. The van der Waals surface area contributed by atoms with E-state index in [-0.39, 0.29) is 30.4 Å². The minimum Gasteiger partial charge on any atom is -0.376 e. The van der Waals surface area contributed by atoms with Gasteiger partial charge in [0.25, 0.3) is 11.8 Å². The fraction of sp³-hybridized carbons (Fsp3) is 0.483. The number of benzene rings is 2. The van der Waals surface area contributed by atoms with E-state index < -0.39 is 11.8 Å². The molecule has 3 heterocycles. The fourth-order valence-electron chi connectivity index (χ4n) is 5.56. The molecular weight excluding hydrogens is 470 g/mol. The summed E-state index contributed by atoms with van der Waals surface area (Å²) in [5.74, 6) is -0.487. The first-order valence-electron chi connectivity index (χ1n) is 13.2. The van der Waals surface area contributed by atoms with Crippen molar-refractivity contribution in [3.63, 3.8) is 0 Å². The Hall–Kier alpha value is -3.23. The Morgan fingerprint density at radius 3 is 2.41 bits per heavy atom. The van der Waals surface area contributed by atoms with Crippen LogP contribution in [0, 0.1) is 13.8 Å². The third kappa shape index (κ3) is 5.26. The van der Waals surface area contributed by atoms with Crippen molar-refractivity contribution in [3.8, 4) is 0 Å². The zero-order chi connectivity index (χ0) is 26.0. The Kier molecular flexibility index (Phi) is 7.31. The first-order chi connectivity index (χ1) is 17.9. The van der Waals surface area contributed by atoms with Crippen molar-refractivity contribution in [1.82, 2.24) is 15.1 Å². The van der Waals surface area contributed by atoms with Crippen LogP contribution in [0.1, 0.15) is 57.5 Å². The van der Waals surface area contributed by atoms with E-state index in [1.807, 2.05) is 56.3 Å². The van der Waals surface area contributed by atoms with E-state index in [0.29, 0.717) is 50.2 Å². The van der Waals surface area contributed by atoms with Crippen LogP contribution in [0.3, 0.4) is 0 Å². The monoisotopic (exact) mass is 505 g/mol. The summed E-state index contributed by atoms with van der Waals surface area (Å²) in [5.41, 5.74) is 2.31. The lowest BCUT2D eigenvalue weighted by Gasteiger charge is -2.44. The summed E-state index contributed by atoms with van der Waals surface area (Å²) in [6.07, 6.45) is 2.81. The summed E-state index contributed by atoms with van der Waals surface area (Å²) >= 11 is 0. The van der Waals surface area contributed by atoms with Gasteiger partial charge in [0.05, 0.1) is 12.7 Å². The van der Waals surface area contributed by atoms with Crippen LogP contribution in [-0.2, 0) is 14.3 Å². The van der Waals surface area contributed by atoms with Gasteiger partial charge in [-0.15, -0.1) is 0 Å². The van der Waals surface area contributed by atoms with Crippen molar-refractivity contribution in [3.05, 3.63) is 70.8 Å². The van der Waals surface area contributed by atoms with Crippen molar-refractivity contribution in [2.45, 2.75) is 57.4 Å². The molecule has 0 saturated carbocycles. The van der Waals surface area contributed by atoms with Crippen molar-refractivity contribution in [2.75, 3.05) is 32.8 Å². The van der Waals surface area contributed by atoms with Crippen molar-refractivity contribution in [1.29, 1.82) is 0 Å². The van der Waals surface area contributed by atoms with E-state index in [0.717, 1.165) is 24.0 Å². The lowest BCUT2D eigenvalue weighted by Crippen LogP contribution is -2.60. The highest BCUT2D eigenvalue weighted by atomic mass is 16.5. The van der Waals surface area contributed by atoms with Gasteiger partial charge in [-0.3, -0.25) is 19.3 Å². The van der Waals surface area contributed by atoms with Gasteiger partial charge in [-0.1, -0.05) is 35.4 Å². The first-order valence-corrected chi connectivity index (χ1v) is 13.2. The van der Waals surface area contributed by atoms with Gasteiger partial charge in [0.1, 0.15) is 11.8 Å². The maximum atomic E-state index is 13.9. The number of aryl methyl sites for hydroxylation is 2. The third-order valence-electron chi connectivity index (χ3n) is 7.71. The largest absolute Gasteiger partial charge is 0.376 e. The van der Waals surface area contributed by atoms with Gasteiger partial charge < -0.3 is 19.7 Å². The molecular formula is C29H35N3O5. The Labute approximate surface area is 217 Å². The highest BCUT2D eigenvalue weighted by Gasteiger charge is 2.54. The van der Waals surface area contributed by atoms with E-state index in [1.54, 1.807) is 15.9 Å². The minimum atomic E-state index is -0.934. The van der Waals surface area contributed by atoms with Gasteiger partial charge in [-0.05, 0) is 51.0 Å². The fourth-order valence-corrected chi connectivity index (χ4v) is 5.56. The molecule has 3 amide bonds. The Morgan fingerprint density at radius 1 is 0.973 bits per heavy atom. The summed E-state index contributed by atoms with van der Waals surface area (Å²) < 4.78 is 11.9. The summed E-state index contributed by atoms with van der Waals surface area (Å²) in [4.78, 5) is 43.7. The third-order valence-corrected chi connectivity index (χ3v) is 7.71. The highest BCUT2D eigenvalue weighted by molar-refractivity contribution is 5.99. The lowest BCUT2D eigenvalue weighted by molar-refractivity contribution is -0.128. The number of amides is 3. The van der Waals surface area contributed by atoms with Gasteiger partial charge >= 0.3 is 0 Å². The second kappa shape index (κ2) is 10.6. The first kappa shape index (κ1) is 25.4. The standard InChI is InChI=1S/C29H35N3O5/c1-20-8-10-22(11-9-20)27(34)31-14-12-29(13-15-31)32(28(35)23-6-3-5-21(2)17-23)25(19-37-29)26(33)30-18-24-7-4-16-36-24/h3,5-6,8-11,17,24-25H,4,7,12-16,18-19H2,1-2H3,(H,30,33). The van der Waals surface area contributed by atoms with Crippen LogP contribution in [0.15, 0.2) is 48.5 Å². The van der Waals surface area contributed by atoms with Gasteiger partial charge in [0, 0.05) is 50.2 Å². The molecule has 196 valence electrons. The van der Waals surface area contributed by atoms with E-state index in [1.165, 1.54) is 0 Å². The van der Waals surface area contributed by atoms with E-state index >= 15 is 0 Å². The van der Waals surface area contributed by atoms with Gasteiger partial charge in [-0.25, -0.2) is 0 Å². The topological polar surface area (TPSA) is 88.2 Å². The molecule has 2 aromatic carbocycles. The number of hydrogen-bond donors (Lipinski definition) is 1. The predicted octanol–water partition coefficient (Wildman–Crippen LogP) is 3.07. The number of rotatable bonds is 5. The number of nitrogens with zero attached hydrogens (tertiary/aromatic N) is 2. The molecule has 0 aromatic heterocycles. The van der Waals surface area contributed by atoms with Gasteiger partial charge in [-0.2, -0.15) is 0 Å². The molecule has 2 atom stereocenters. The molecule has 1 N–H and O–H groups in total. The smallest absolute Gasteiger partial charge is 0.256 e. The number of likely N-dealkylation sites (tertiary alicyclic amines) is 1. The van der Waals surface area contributed by atoms with Crippen LogP contribution in [0.2, 0.25) is 0 Å². The number of piperidine rings is 1. The lowest BCUT2D eigenvalue weighted by atomic mass is 9.95. The molecule has 0 aliphatic carbocycles. The molecule has 2 unspecified atom stereocenters. The van der Waals surface area contributed by atoms with Gasteiger partial charge in [0.2, 0.25) is 5.91 Å². The molecule has 3 fully saturated rings. The molecule has 37 heavy (non-hydrogen) atoms. The van der Waals surface area contributed by atoms with Crippen molar-refractivity contribution >= 4 is 17.7 Å². The zero-order valence-corrected chi connectivity index (χ0v) is 21.6. The van der Waals surface area contributed by atoms with E-state index in [2.05, 4.69) is 5.32 Å². The number of carbonyl (C=O) groups excluding carboxylic acids is 3. The molecule has 8 heteroatoms. The average Bonchev–Trinajstić information content (AvgIpc) is 3.56. The summed E-state index contributed by atoms with van der Waals surface area (Å²) in [5, 5.41) is 2.99. The second-order valence-corrected chi connectivity index (χ2v) is 10.4. The number of carbonyl (C=O) groups is 3. The quantitative estimate of drug-likeness (QED) is 0.675. The number of hydrogen-bond acceptors (Lipinski definition) is 5. The minimum absolute atomic E-state index is 0.0113. The SMILES string of the molecule is Cc1ccc(C(=O)N2CCC3(CC2)OCC(C(=O)NCC2CCCO2)N3C(=O)c2cccc(C)c2)cc1. The molecule has 0 bridgehead atoms. The normalized spacial score (nSPS) is 22.9. The summed E-state index contributed by atoms with van der Waals surface area (Å²) in [7, 11) is 0. The van der Waals surface area contributed by atoms with Gasteiger partial charge in [0.15, 0.2) is 0 Å². The van der Waals surface area contributed by atoms with Crippen molar-refractivity contribution in [2.24, 2.45) is 0 Å². The Bertz CT molecular complexity index is 1150. The highest BCUT2D eigenvalue weighted by Crippen LogP contribution is 2.39. The molecule has 5 rings (SSSR count). The van der Waals surface area contributed by atoms with E-state index in [4.69, 9.17) is 9.47 Å². The molecule has 2 aromatic rings. The maximum Gasteiger partial charge on any atom is 0.256 e. The van der Waals surface area contributed by atoms with Crippen LogP contribution < -0.4 is 5.32 Å². The number of nitrogens with one attached hydrogen (secondary N) is 1. The maximum absolute atomic E-state index is 13.9. The van der Waals surface area contributed by atoms with Crippen LogP contribution in [0.5, 0.6) is 0 Å². The Morgan fingerprint density at radius 2 is 1.73 bits per heavy atom. The number of ether oxygens (including phenoxy) is 2. The molecule has 0 radical (unpaired) electrons. The Balaban J connectivity index is 1.34. The average molecular weight is 506 g/mol. The van der Waals surface area contributed by atoms with Crippen molar-refractivity contribution < 1.29 is 23.9 Å². The van der Waals surface area contributed by atoms with E-state index in [9.17, 15) is 14.4 Å².